The summed E-state index contributed by atoms with van der Waals surface area (Å²) in [6, 6.07) is 5.53. The number of carbonyl (C=O) groups excluding carboxylic acids is 1. The standard InChI is InChI=1S/C16H21N5O2/c1-2-23-15(22)12-4-5-14-13(10-12)11-20-21(14)9-3-6-17-16-18-7-8-19-16/h4-5,10-11H,2-3,6-9H2,1H3,(H2,17,18,19). The van der Waals surface area contributed by atoms with Gasteiger partial charge in [-0.3, -0.25) is 9.67 Å². The highest BCUT2D eigenvalue weighted by Gasteiger charge is 2.10. The number of aliphatic imine (C=N–C) groups is 1. The molecule has 0 unspecified atom stereocenters. The van der Waals surface area contributed by atoms with Crippen LogP contribution in [0.4, 0.5) is 0 Å². The van der Waals surface area contributed by atoms with Crippen LogP contribution in [0, 0.1) is 0 Å². The van der Waals surface area contributed by atoms with Gasteiger partial charge in [-0.1, -0.05) is 0 Å². The zero-order valence-corrected chi connectivity index (χ0v) is 13.2. The molecule has 2 heterocycles. The highest BCUT2D eigenvalue weighted by Crippen LogP contribution is 2.16. The minimum atomic E-state index is -0.295. The predicted molar refractivity (Wildman–Crippen MR) is 88.6 cm³/mol. The summed E-state index contributed by atoms with van der Waals surface area (Å²) in [6.07, 6.45) is 2.73. The molecule has 2 N–H and O–H groups in total. The van der Waals surface area contributed by atoms with Crippen LogP contribution in [0.1, 0.15) is 23.7 Å². The molecular formula is C16H21N5O2. The molecule has 122 valence electrons. The van der Waals surface area contributed by atoms with Crippen LogP contribution in [0.2, 0.25) is 0 Å². The Morgan fingerprint density at radius 2 is 2.39 bits per heavy atom. The number of hydrogen-bond acceptors (Lipinski definition) is 6. The highest BCUT2D eigenvalue weighted by atomic mass is 16.5. The summed E-state index contributed by atoms with van der Waals surface area (Å²) < 4.78 is 6.97. The Hall–Kier alpha value is -2.57. The molecule has 1 aromatic carbocycles. The van der Waals surface area contributed by atoms with E-state index in [9.17, 15) is 4.79 Å². The maximum absolute atomic E-state index is 11.8. The van der Waals surface area contributed by atoms with E-state index in [4.69, 9.17) is 4.74 Å². The molecule has 23 heavy (non-hydrogen) atoms. The van der Waals surface area contributed by atoms with Crippen molar-refractivity contribution in [3.05, 3.63) is 30.0 Å². The summed E-state index contributed by atoms with van der Waals surface area (Å²) >= 11 is 0. The molecule has 1 aromatic heterocycles. The van der Waals surface area contributed by atoms with E-state index in [2.05, 4.69) is 20.7 Å². The van der Waals surface area contributed by atoms with Crippen LogP contribution in [0.3, 0.4) is 0 Å². The number of aryl methyl sites for hydroxylation is 1. The number of rotatable bonds is 6. The molecule has 0 saturated heterocycles. The second-order valence-corrected chi connectivity index (χ2v) is 5.30. The van der Waals surface area contributed by atoms with E-state index in [-0.39, 0.29) is 5.97 Å². The Balaban J connectivity index is 1.59. The van der Waals surface area contributed by atoms with Gasteiger partial charge in [-0.25, -0.2) is 4.79 Å². The monoisotopic (exact) mass is 315 g/mol. The SMILES string of the molecule is CCOC(=O)c1ccc2c(cnn2CCCNC2=NCCN2)c1. The fraction of sp³-hybridized carbons (Fsp3) is 0.438. The summed E-state index contributed by atoms with van der Waals surface area (Å²) in [5.41, 5.74) is 1.58. The Kier molecular flexibility index (Phi) is 4.75. The molecule has 1 aliphatic heterocycles. The third-order valence-corrected chi connectivity index (χ3v) is 3.67. The molecule has 0 amide bonds. The largest absolute Gasteiger partial charge is 0.462 e. The zero-order valence-electron chi connectivity index (χ0n) is 13.2. The molecule has 2 aromatic rings. The molecule has 0 aliphatic carbocycles. The van der Waals surface area contributed by atoms with Crippen LogP contribution in [0.15, 0.2) is 29.4 Å². The normalized spacial score (nSPS) is 13.7. The second kappa shape index (κ2) is 7.13. The molecule has 7 nitrogen and oxygen atoms in total. The molecule has 1 aliphatic rings. The van der Waals surface area contributed by atoms with Crippen molar-refractivity contribution in [3.8, 4) is 0 Å². The van der Waals surface area contributed by atoms with Gasteiger partial charge in [0.15, 0.2) is 5.96 Å². The number of ether oxygens (including phenoxy) is 1. The molecule has 0 spiro atoms. The van der Waals surface area contributed by atoms with Gasteiger partial charge in [-0.15, -0.1) is 0 Å². The van der Waals surface area contributed by atoms with Crippen LogP contribution >= 0.6 is 0 Å². The van der Waals surface area contributed by atoms with Crippen molar-refractivity contribution >= 4 is 22.8 Å². The summed E-state index contributed by atoms with van der Waals surface area (Å²) in [5, 5.41) is 11.8. The second-order valence-electron chi connectivity index (χ2n) is 5.30. The minimum Gasteiger partial charge on any atom is -0.462 e. The molecular weight excluding hydrogens is 294 g/mol. The number of carbonyl (C=O) groups is 1. The molecule has 0 atom stereocenters. The topological polar surface area (TPSA) is 80.5 Å². The lowest BCUT2D eigenvalue weighted by Gasteiger charge is -2.07. The van der Waals surface area contributed by atoms with Crippen molar-refractivity contribution in [1.82, 2.24) is 20.4 Å². The minimum absolute atomic E-state index is 0.295. The fourth-order valence-corrected chi connectivity index (χ4v) is 2.56. The molecule has 0 bridgehead atoms. The summed E-state index contributed by atoms with van der Waals surface area (Å²) in [4.78, 5) is 16.0. The average Bonchev–Trinajstić information content (AvgIpc) is 3.21. The number of nitrogens with one attached hydrogen (secondary N) is 2. The van der Waals surface area contributed by atoms with E-state index in [0.717, 1.165) is 49.5 Å². The number of fused-ring (bicyclic) bond motifs is 1. The van der Waals surface area contributed by atoms with Gasteiger partial charge in [0.05, 0.1) is 30.4 Å². The van der Waals surface area contributed by atoms with Crippen molar-refractivity contribution in [3.63, 3.8) is 0 Å². The number of benzene rings is 1. The van der Waals surface area contributed by atoms with Crippen LogP contribution < -0.4 is 10.6 Å². The van der Waals surface area contributed by atoms with E-state index in [1.807, 2.05) is 16.8 Å². The average molecular weight is 315 g/mol. The van der Waals surface area contributed by atoms with Gasteiger partial charge >= 0.3 is 5.97 Å². The number of esters is 1. The Morgan fingerprint density at radius 1 is 1.48 bits per heavy atom. The van der Waals surface area contributed by atoms with Gasteiger partial charge in [-0.2, -0.15) is 5.10 Å². The molecule has 0 radical (unpaired) electrons. The lowest BCUT2D eigenvalue weighted by Crippen LogP contribution is -2.34. The first-order valence-corrected chi connectivity index (χ1v) is 7.93. The van der Waals surface area contributed by atoms with Crippen molar-refractivity contribution in [2.45, 2.75) is 19.9 Å². The van der Waals surface area contributed by atoms with E-state index in [0.29, 0.717) is 12.2 Å². The van der Waals surface area contributed by atoms with E-state index >= 15 is 0 Å². The number of nitrogens with zero attached hydrogens (tertiary/aromatic N) is 3. The smallest absolute Gasteiger partial charge is 0.338 e. The van der Waals surface area contributed by atoms with Gasteiger partial charge < -0.3 is 15.4 Å². The van der Waals surface area contributed by atoms with Gasteiger partial charge in [0.1, 0.15) is 0 Å². The number of guanidine groups is 1. The first-order chi connectivity index (χ1) is 11.3. The quantitative estimate of drug-likeness (QED) is 0.617. The maximum atomic E-state index is 11.8. The first-order valence-electron chi connectivity index (χ1n) is 7.93. The lowest BCUT2D eigenvalue weighted by molar-refractivity contribution is 0.0526. The highest BCUT2D eigenvalue weighted by molar-refractivity contribution is 5.94. The van der Waals surface area contributed by atoms with Crippen molar-refractivity contribution < 1.29 is 9.53 Å². The van der Waals surface area contributed by atoms with Gasteiger partial charge in [0.25, 0.3) is 0 Å². The zero-order chi connectivity index (χ0) is 16.1. The van der Waals surface area contributed by atoms with Gasteiger partial charge in [0.2, 0.25) is 0 Å². The van der Waals surface area contributed by atoms with Gasteiger partial charge in [0, 0.05) is 25.0 Å². The summed E-state index contributed by atoms with van der Waals surface area (Å²) in [7, 11) is 0. The summed E-state index contributed by atoms with van der Waals surface area (Å²) in [6.45, 7) is 5.58. The van der Waals surface area contributed by atoms with E-state index in [1.54, 1.807) is 19.2 Å². The van der Waals surface area contributed by atoms with Crippen LogP contribution in [-0.2, 0) is 11.3 Å². The molecule has 0 saturated carbocycles. The molecule has 3 rings (SSSR count). The fourth-order valence-electron chi connectivity index (χ4n) is 2.56. The van der Waals surface area contributed by atoms with Crippen molar-refractivity contribution in [2.24, 2.45) is 4.99 Å². The Labute approximate surface area is 134 Å². The lowest BCUT2D eigenvalue weighted by atomic mass is 10.1. The number of aromatic nitrogens is 2. The third kappa shape index (κ3) is 3.61. The maximum Gasteiger partial charge on any atom is 0.338 e. The Morgan fingerprint density at radius 3 is 3.17 bits per heavy atom. The molecule has 7 heteroatoms. The van der Waals surface area contributed by atoms with Crippen LogP contribution in [0.25, 0.3) is 10.9 Å². The van der Waals surface area contributed by atoms with Crippen LogP contribution in [0.5, 0.6) is 0 Å². The molecule has 0 fully saturated rings. The Bertz CT molecular complexity index is 722. The van der Waals surface area contributed by atoms with E-state index in [1.165, 1.54) is 0 Å². The third-order valence-electron chi connectivity index (χ3n) is 3.67. The summed E-state index contributed by atoms with van der Waals surface area (Å²) in [5.74, 6) is 0.589. The first kappa shape index (κ1) is 15.3. The van der Waals surface area contributed by atoms with Gasteiger partial charge in [-0.05, 0) is 31.5 Å². The van der Waals surface area contributed by atoms with Crippen molar-refractivity contribution in [2.75, 3.05) is 26.2 Å². The predicted octanol–water partition coefficient (Wildman–Crippen LogP) is 1.15. The van der Waals surface area contributed by atoms with Crippen molar-refractivity contribution in [1.29, 1.82) is 0 Å². The number of hydrogen-bond donors (Lipinski definition) is 2. The van der Waals surface area contributed by atoms with Crippen LogP contribution in [-0.4, -0.2) is 48.0 Å². The van der Waals surface area contributed by atoms with E-state index < -0.39 is 0 Å².